The van der Waals surface area contributed by atoms with E-state index in [0.717, 1.165) is 45.1 Å². The first-order chi connectivity index (χ1) is 15.1. The molecule has 0 heterocycles. The molecule has 0 aliphatic carbocycles. The van der Waals surface area contributed by atoms with Crippen LogP contribution in [0.2, 0.25) is 0 Å². The predicted molar refractivity (Wildman–Crippen MR) is 132 cm³/mol. The molecule has 0 saturated carbocycles. The van der Waals surface area contributed by atoms with Gasteiger partial charge in [-0.1, -0.05) is 68.4 Å². The van der Waals surface area contributed by atoms with Crippen molar-refractivity contribution in [3.63, 3.8) is 0 Å². The number of rotatable bonds is 17. The molecule has 1 aromatic rings. The Kier molecular flexibility index (Phi) is 15.3. The summed E-state index contributed by atoms with van der Waals surface area (Å²) < 4.78 is 0. The molecule has 4 nitrogen and oxygen atoms in total. The second-order valence-corrected chi connectivity index (χ2v) is 7.55. The van der Waals surface area contributed by atoms with Crippen molar-refractivity contribution in [2.75, 3.05) is 11.9 Å². The van der Waals surface area contributed by atoms with Crippen molar-refractivity contribution in [3.8, 4) is 5.75 Å². The molecule has 0 aromatic heterocycles. The average Bonchev–Trinajstić information content (AvgIpc) is 2.76. The zero-order valence-corrected chi connectivity index (χ0v) is 18.9. The number of unbranched alkanes of at least 4 members (excludes halogenated alkanes) is 5. The van der Waals surface area contributed by atoms with E-state index in [0.29, 0.717) is 5.69 Å². The quantitative estimate of drug-likeness (QED) is 0.136. The number of allylic oxidation sites excluding steroid dienone is 8. The van der Waals surface area contributed by atoms with Crippen molar-refractivity contribution in [1.82, 2.24) is 0 Å². The van der Waals surface area contributed by atoms with Crippen LogP contribution in [0.1, 0.15) is 81.5 Å². The number of benzene rings is 1. The maximum atomic E-state index is 11.0. The zero-order valence-electron chi connectivity index (χ0n) is 18.9. The van der Waals surface area contributed by atoms with Crippen LogP contribution in [0.25, 0.3) is 0 Å². The molecule has 0 atom stereocenters. The van der Waals surface area contributed by atoms with Crippen molar-refractivity contribution >= 4 is 11.7 Å². The normalized spacial score (nSPS) is 12.0. The second kappa shape index (κ2) is 18.1. The van der Waals surface area contributed by atoms with Gasteiger partial charge in [-0.3, -0.25) is 0 Å². The number of carbonyl (C=O) groups is 1. The average molecular weight is 426 g/mol. The number of hydrogen-bond donors (Lipinski definition) is 3. The first-order valence-corrected chi connectivity index (χ1v) is 11.5. The lowest BCUT2D eigenvalue weighted by atomic mass is 10.1. The van der Waals surface area contributed by atoms with E-state index in [2.05, 4.69) is 60.8 Å². The van der Waals surface area contributed by atoms with Crippen LogP contribution < -0.4 is 5.32 Å². The first-order valence-electron chi connectivity index (χ1n) is 11.5. The van der Waals surface area contributed by atoms with E-state index < -0.39 is 5.97 Å². The summed E-state index contributed by atoms with van der Waals surface area (Å²) in [5.74, 6) is -1.33. The minimum absolute atomic E-state index is 0.0777. The van der Waals surface area contributed by atoms with Crippen LogP contribution in [0.5, 0.6) is 5.75 Å². The van der Waals surface area contributed by atoms with Gasteiger partial charge in [0.2, 0.25) is 0 Å². The van der Waals surface area contributed by atoms with Crippen LogP contribution in [0, 0.1) is 0 Å². The smallest absolute Gasteiger partial charge is 0.339 e. The number of carboxylic acid groups (broad SMARTS) is 1. The summed E-state index contributed by atoms with van der Waals surface area (Å²) in [6, 6.07) is 4.56. The van der Waals surface area contributed by atoms with Gasteiger partial charge in [-0.2, -0.15) is 0 Å². The summed E-state index contributed by atoms with van der Waals surface area (Å²) in [6.45, 7) is 3.01. The summed E-state index contributed by atoms with van der Waals surface area (Å²) in [5.41, 5.74) is 0.638. The molecule has 0 saturated heterocycles. The van der Waals surface area contributed by atoms with Gasteiger partial charge in [0, 0.05) is 12.2 Å². The predicted octanol–water partition coefficient (Wildman–Crippen LogP) is 7.65. The number of hydrogen-bond acceptors (Lipinski definition) is 3. The van der Waals surface area contributed by atoms with E-state index in [1.807, 2.05) is 0 Å². The zero-order chi connectivity index (χ0) is 22.6. The molecule has 1 rings (SSSR count). The fourth-order valence-electron chi connectivity index (χ4n) is 3.00. The number of aromatic hydroxyl groups is 1. The van der Waals surface area contributed by atoms with Gasteiger partial charge in [0.15, 0.2) is 0 Å². The van der Waals surface area contributed by atoms with Gasteiger partial charge in [-0.25, -0.2) is 4.79 Å². The molecule has 0 aliphatic heterocycles. The fraction of sp³-hybridized carbons (Fsp3) is 0.444. The first kappa shape index (κ1) is 26.3. The number of carboxylic acids is 1. The van der Waals surface area contributed by atoms with Crippen molar-refractivity contribution in [2.24, 2.45) is 0 Å². The largest absolute Gasteiger partial charge is 0.507 e. The van der Waals surface area contributed by atoms with Gasteiger partial charge in [0.05, 0.1) is 0 Å². The Morgan fingerprint density at radius 1 is 0.839 bits per heavy atom. The molecule has 0 spiro atoms. The Morgan fingerprint density at radius 3 is 1.94 bits per heavy atom. The highest BCUT2D eigenvalue weighted by Gasteiger charge is 2.09. The minimum atomic E-state index is -1.12. The van der Waals surface area contributed by atoms with Gasteiger partial charge in [0.1, 0.15) is 11.3 Å². The lowest BCUT2D eigenvalue weighted by molar-refractivity contribution is 0.0694. The molecule has 4 heteroatoms. The van der Waals surface area contributed by atoms with E-state index in [-0.39, 0.29) is 11.3 Å². The van der Waals surface area contributed by atoms with Crippen LogP contribution in [0.4, 0.5) is 5.69 Å². The highest BCUT2D eigenvalue weighted by atomic mass is 16.4. The fourth-order valence-corrected chi connectivity index (χ4v) is 3.00. The SMILES string of the molecule is CCCCCC=CCC=CCC=CCC=CCCCCNc1ccc(O)c(C(=O)O)c1. The van der Waals surface area contributed by atoms with E-state index in [1.165, 1.54) is 37.8 Å². The molecule has 0 amide bonds. The van der Waals surface area contributed by atoms with Crippen molar-refractivity contribution in [1.29, 1.82) is 0 Å². The third kappa shape index (κ3) is 14.0. The molecule has 1 aromatic carbocycles. The molecule has 0 radical (unpaired) electrons. The summed E-state index contributed by atoms with van der Waals surface area (Å²) in [7, 11) is 0. The van der Waals surface area contributed by atoms with Gasteiger partial charge < -0.3 is 15.5 Å². The summed E-state index contributed by atoms with van der Waals surface area (Å²) in [5, 5.41) is 21.7. The maximum absolute atomic E-state index is 11.0. The number of aromatic carboxylic acids is 1. The standard InChI is InChI=1S/C27H39NO3/c1-2-3-4-5-6-7-8-9-10-11-12-13-14-15-16-17-18-19-22-28-24-20-21-26(29)25(23-24)27(30)31/h6-7,9-10,12-13,15-16,20-21,23,28-29H,2-5,8,11,14,17-19,22H2,1H3,(H,30,31). The van der Waals surface area contributed by atoms with Crippen LogP contribution in [0.3, 0.4) is 0 Å². The maximum Gasteiger partial charge on any atom is 0.339 e. The molecule has 170 valence electrons. The monoisotopic (exact) mass is 425 g/mol. The number of nitrogens with one attached hydrogen (secondary N) is 1. The van der Waals surface area contributed by atoms with E-state index in [9.17, 15) is 9.90 Å². The third-order valence-electron chi connectivity index (χ3n) is 4.81. The highest BCUT2D eigenvalue weighted by Crippen LogP contribution is 2.21. The van der Waals surface area contributed by atoms with Gasteiger partial charge in [0.25, 0.3) is 0 Å². The number of anilines is 1. The Morgan fingerprint density at radius 2 is 1.39 bits per heavy atom. The molecule has 0 fully saturated rings. The van der Waals surface area contributed by atoms with Gasteiger partial charge in [-0.05, 0) is 69.6 Å². The Bertz CT molecular complexity index is 732. The topological polar surface area (TPSA) is 69.6 Å². The van der Waals surface area contributed by atoms with Crippen molar-refractivity contribution < 1.29 is 15.0 Å². The number of phenols is 1. The second-order valence-electron chi connectivity index (χ2n) is 7.55. The Labute approximate surface area is 188 Å². The van der Waals surface area contributed by atoms with Crippen LogP contribution >= 0.6 is 0 Å². The molecule has 0 unspecified atom stereocenters. The lowest BCUT2D eigenvalue weighted by Gasteiger charge is -2.07. The lowest BCUT2D eigenvalue weighted by Crippen LogP contribution is -2.03. The summed E-state index contributed by atoms with van der Waals surface area (Å²) >= 11 is 0. The van der Waals surface area contributed by atoms with Crippen molar-refractivity contribution in [3.05, 3.63) is 72.4 Å². The Balaban J connectivity index is 2.01. The molecule has 31 heavy (non-hydrogen) atoms. The van der Waals surface area contributed by atoms with Crippen LogP contribution in [0.15, 0.2) is 66.8 Å². The molecule has 3 N–H and O–H groups in total. The molecule has 0 aliphatic rings. The summed E-state index contributed by atoms with van der Waals surface area (Å²) in [6.07, 6.45) is 29.0. The van der Waals surface area contributed by atoms with Crippen LogP contribution in [-0.2, 0) is 0 Å². The molecular formula is C27H39NO3. The van der Waals surface area contributed by atoms with Gasteiger partial charge in [-0.15, -0.1) is 0 Å². The van der Waals surface area contributed by atoms with E-state index in [1.54, 1.807) is 6.07 Å². The minimum Gasteiger partial charge on any atom is -0.507 e. The van der Waals surface area contributed by atoms with Crippen molar-refractivity contribution in [2.45, 2.75) is 71.1 Å². The third-order valence-corrected chi connectivity index (χ3v) is 4.81. The van der Waals surface area contributed by atoms with Gasteiger partial charge >= 0.3 is 5.97 Å². The Hall–Kier alpha value is -2.75. The van der Waals surface area contributed by atoms with E-state index in [4.69, 9.17) is 5.11 Å². The molecular weight excluding hydrogens is 386 g/mol. The van der Waals surface area contributed by atoms with Crippen LogP contribution in [-0.4, -0.2) is 22.7 Å². The summed E-state index contributed by atoms with van der Waals surface area (Å²) in [4.78, 5) is 11.0. The van der Waals surface area contributed by atoms with E-state index >= 15 is 0 Å². The highest BCUT2D eigenvalue weighted by molar-refractivity contribution is 5.91. The molecule has 0 bridgehead atoms.